The molecule has 1 aromatic heterocycles. The second-order valence-electron chi connectivity index (χ2n) is 4.39. The van der Waals surface area contributed by atoms with Crippen molar-refractivity contribution >= 4 is 9.84 Å². The maximum Gasteiger partial charge on any atom is 0.147 e. The van der Waals surface area contributed by atoms with Crippen molar-refractivity contribution in [2.45, 2.75) is 32.2 Å². The number of pyridine rings is 1. The molecule has 3 N–H and O–H groups in total. The number of nitrogens with zero attached hydrogens (tertiary/aromatic N) is 1. The summed E-state index contributed by atoms with van der Waals surface area (Å²) in [5, 5.41) is 0. The van der Waals surface area contributed by atoms with Gasteiger partial charge in [-0.25, -0.2) is 8.42 Å². The summed E-state index contributed by atoms with van der Waals surface area (Å²) >= 11 is 0. The topological polar surface area (TPSA) is 85.1 Å². The third-order valence-corrected chi connectivity index (χ3v) is 3.88. The van der Waals surface area contributed by atoms with Gasteiger partial charge < -0.3 is 0 Å². The first-order valence-electron chi connectivity index (χ1n) is 6.05. The lowest BCUT2D eigenvalue weighted by atomic mass is 10.0. The average Bonchev–Trinajstić information content (AvgIpc) is 2.33. The van der Waals surface area contributed by atoms with E-state index in [4.69, 9.17) is 5.84 Å². The highest BCUT2D eigenvalue weighted by Gasteiger charge is 2.15. The summed E-state index contributed by atoms with van der Waals surface area (Å²) in [7, 11) is -2.91. The highest BCUT2D eigenvalue weighted by atomic mass is 32.2. The Bertz CT molecular complexity index is 474. The Balaban J connectivity index is 2.71. The van der Waals surface area contributed by atoms with Gasteiger partial charge in [-0.2, -0.15) is 0 Å². The zero-order valence-corrected chi connectivity index (χ0v) is 11.7. The number of aryl methyl sites for hydroxylation is 1. The minimum atomic E-state index is -2.91. The maximum absolute atomic E-state index is 11.1. The molecule has 6 heteroatoms. The molecule has 0 aliphatic heterocycles. The molecule has 0 fully saturated rings. The Kier molecular flexibility index (Phi) is 5.71. The molecule has 102 valence electrons. The van der Waals surface area contributed by atoms with Gasteiger partial charge in [0.05, 0.1) is 11.7 Å². The van der Waals surface area contributed by atoms with Crippen LogP contribution >= 0.6 is 0 Å². The van der Waals surface area contributed by atoms with E-state index >= 15 is 0 Å². The predicted octanol–water partition coefficient (Wildman–Crippen LogP) is 0.973. The van der Waals surface area contributed by atoms with Crippen molar-refractivity contribution in [1.29, 1.82) is 0 Å². The molecule has 18 heavy (non-hydrogen) atoms. The van der Waals surface area contributed by atoms with Crippen molar-refractivity contribution in [2.75, 3.05) is 12.0 Å². The maximum atomic E-state index is 11.1. The third kappa shape index (κ3) is 4.72. The Hall–Kier alpha value is -0.980. The molecule has 0 radical (unpaired) electrons. The van der Waals surface area contributed by atoms with Gasteiger partial charge in [0.25, 0.3) is 0 Å². The van der Waals surface area contributed by atoms with Gasteiger partial charge in [-0.05, 0) is 30.9 Å². The lowest BCUT2D eigenvalue weighted by Gasteiger charge is -2.17. The Morgan fingerprint density at radius 2 is 2.22 bits per heavy atom. The number of rotatable bonds is 7. The molecular formula is C12H21N3O2S. The largest absolute Gasteiger partial charge is 0.271 e. The molecule has 5 nitrogen and oxygen atoms in total. The van der Waals surface area contributed by atoms with E-state index in [1.807, 2.05) is 12.1 Å². The summed E-state index contributed by atoms with van der Waals surface area (Å²) in [4.78, 5) is 4.34. The van der Waals surface area contributed by atoms with Crippen molar-refractivity contribution in [2.24, 2.45) is 5.84 Å². The summed E-state index contributed by atoms with van der Waals surface area (Å²) in [5.41, 5.74) is 4.77. The van der Waals surface area contributed by atoms with Crippen LogP contribution in [-0.2, 0) is 16.3 Å². The van der Waals surface area contributed by atoms with Gasteiger partial charge in [-0.1, -0.05) is 13.0 Å². The van der Waals surface area contributed by atoms with Crippen molar-refractivity contribution in [3.63, 3.8) is 0 Å². The molecule has 0 saturated heterocycles. The minimum Gasteiger partial charge on any atom is -0.271 e. The number of hydrazine groups is 1. The smallest absolute Gasteiger partial charge is 0.147 e. The molecule has 0 aliphatic carbocycles. The zero-order valence-electron chi connectivity index (χ0n) is 10.9. The fourth-order valence-electron chi connectivity index (χ4n) is 1.91. The molecule has 1 atom stereocenters. The number of nitrogens with one attached hydrogen (secondary N) is 1. The van der Waals surface area contributed by atoms with Gasteiger partial charge in [0.2, 0.25) is 0 Å². The van der Waals surface area contributed by atoms with Crippen molar-refractivity contribution < 1.29 is 8.42 Å². The van der Waals surface area contributed by atoms with Crippen LogP contribution in [0.25, 0.3) is 0 Å². The summed E-state index contributed by atoms with van der Waals surface area (Å²) in [5.74, 6) is 5.72. The SMILES string of the molecule is CCc1cccnc1C(CCCS(C)(=O)=O)NN. The van der Waals surface area contributed by atoms with E-state index in [9.17, 15) is 8.42 Å². The van der Waals surface area contributed by atoms with Gasteiger partial charge in [-0.3, -0.25) is 16.3 Å². The monoisotopic (exact) mass is 271 g/mol. The Morgan fingerprint density at radius 3 is 2.78 bits per heavy atom. The van der Waals surface area contributed by atoms with Crippen LogP contribution in [0.1, 0.15) is 37.1 Å². The van der Waals surface area contributed by atoms with Gasteiger partial charge in [0, 0.05) is 18.2 Å². The van der Waals surface area contributed by atoms with E-state index in [-0.39, 0.29) is 11.8 Å². The van der Waals surface area contributed by atoms with Crippen molar-refractivity contribution in [1.82, 2.24) is 10.4 Å². The van der Waals surface area contributed by atoms with Crippen LogP contribution in [0.15, 0.2) is 18.3 Å². The second kappa shape index (κ2) is 6.82. The van der Waals surface area contributed by atoms with E-state index in [1.165, 1.54) is 6.26 Å². The second-order valence-corrected chi connectivity index (χ2v) is 6.65. The van der Waals surface area contributed by atoms with E-state index in [0.717, 1.165) is 17.7 Å². The average molecular weight is 271 g/mol. The Labute approximate surface area is 109 Å². The summed E-state index contributed by atoms with van der Waals surface area (Å²) < 4.78 is 22.2. The zero-order chi connectivity index (χ0) is 13.6. The molecular weight excluding hydrogens is 250 g/mol. The Morgan fingerprint density at radius 1 is 1.50 bits per heavy atom. The standard InChI is InChI=1S/C12H21N3O2S/c1-3-10-6-4-8-14-12(10)11(15-13)7-5-9-18(2,16)17/h4,6,8,11,15H,3,5,7,9,13H2,1-2H3. The van der Waals surface area contributed by atoms with Crippen LogP contribution in [0, 0.1) is 0 Å². The normalized spacial score (nSPS) is 13.5. The summed E-state index contributed by atoms with van der Waals surface area (Å²) in [6.45, 7) is 2.06. The molecule has 0 amide bonds. The van der Waals surface area contributed by atoms with Crippen LogP contribution in [0.3, 0.4) is 0 Å². The quantitative estimate of drug-likeness (QED) is 0.570. The van der Waals surface area contributed by atoms with Crippen LogP contribution in [0.4, 0.5) is 0 Å². The first-order chi connectivity index (χ1) is 8.48. The van der Waals surface area contributed by atoms with E-state index in [2.05, 4.69) is 17.3 Å². The molecule has 1 unspecified atom stereocenters. The van der Waals surface area contributed by atoms with Crippen LogP contribution < -0.4 is 11.3 Å². The number of hydrogen-bond donors (Lipinski definition) is 2. The van der Waals surface area contributed by atoms with Gasteiger partial charge in [0.15, 0.2) is 0 Å². The van der Waals surface area contributed by atoms with Crippen molar-refractivity contribution in [3.8, 4) is 0 Å². The number of sulfone groups is 1. The lowest BCUT2D eigenvalue weighted by molar-refractivity contribution is 0.493. The highest BCUT2D eigenvalue weighted by Crippen LogP contribution is 2.20. The number of nitrogens with two attached hydrogens (primary N) is 1. The molecule has 1 heterocycles. The van der Waals surface area contributed by atoms with Gasteiger partial charge >= 0.3 is 0 Å². The van der Waals surface area contributed by atoms with Crippen LogP contribution in [-0.4, -0.2) is 25.4 Å². The minimum absolute atomic E-state index is 0.0945. The summed E-state index contributed by atoms with van der Waals surface area (Å²) in [6, 6.07) is 3.82. The fraction of sp³-hybridized carbons (Fsp3) is 0.583. The molecule has 1 rings (SSSR count). The fourth-order valence-corrected chi connectivity index (χ4v) is 2.60. The third-order valence-electron chi connectivity index (χ3n) is 2.85. The van der Waals surface area contributed by atoms with Gasteiger partial charge in [-0.15, -0.1) is 0 Å². The molecule has 0 saturated carbocycles. The molecule has 0 bridgehead atoms. The number of hydrogen-bond acceptors (Lipinski definition) is 5. The molecule has 0 aromatic carbocycles. The lowest BCUT2D eigenvalue weighted by Crippen LogP contribution is -2.30. The summed E-state index contributed by atoms with van der Waals surface area (Å²) in [6.07, 6.45) is 5.10. The van der Waals surface area contributed by atoms with Crippen LogP contribution in [0.5, 0.6) is 0 Å². The number of aromatic nitrogens is 1. The van der Waals surface area contributed by atoms with E-state index in [1.54, 1.807) is 6.20 Å². The predicted molar refractivity (Wildman–Crippen MR) is 72.6 cm³/mol. The first kappa shape index (κ1) is 15.1. The molecule has 0 spiro atoms. The van der Waals surface area contributed by atoms with E-state index in [0.29, 0.717) is 12.8 Å². The van der Waals surface area contributed by atoms with Crippen molar-refractivity contribution in [3.05, 3.63) is 29.6 Å². The highest BCUT2D eigenvalue weighted by molar-refractivity contribution is 7.90. The van der Waals surface area contributed by atoms with Gasteiger partial charge in [0.1, 0.15) is 9.84 Å². The van der Waals surface area contributed by atoms with E-state index < -0.39 is 9.84 Å². The molecule has 0 aliphatic rings. The first-order valence-corrected chi connectivity index (χ1v) is 8.11. The van der Waals surface area contributed by atoms with Crippen LogP contribution in [0.2, 0.25) is 0 Å². The molecule has 1 aromatic rings.